The molecule has 2 aliphatic rings. The molecule has 1 aliphatic carbocycles. The monoisotopic (exact) mass is 478 g/mol. The topological polar surface area (TPSA) is 62.1 Å². The maximum absolute atomic E-state index is 13.4. The zero-order valence-corrected chi connectivity index (χ0v) is 20.8. The zero-order chi connectivity index (χ0) is 22.4. The number of ether oxygens (including phenoxy) is 1. The van der Waals surface area contributed by atoms with Gasteiger partial charge in [0.2, 0.25) is 0 Å². The second-order valence-electron chi connectivity index (χ2n) is 10.9. The Morgan fingerprint density at radius 2 is 1.73 bits per heavy atom. The Morgan fingerprint density at radius 1 is 1.17 bits per heavy atom. The summed E-state index contributed by atoms with van der Waals surface area (Å²) >= 11 is 3.29. The van der Waals surface area contributed by atoms with Gasteiger partial charge in [-0.2, -0.15) is 4.02 Å². The molecule has 1 aromatic rings. The molecule has 2 fully saturated rings. The number of methoxy groups -OCH3 is 1. The van der Waals surface area contributed by atoms with E-state index in [9.17, 15) is 9.90 Å². The number of nitrogens with zero attached hydrogens (tertiary/aromatic N) is 2. The summed E-state index contributed by atoms with van der Waals surface area (Å²) in [4.78, 5) is 15.5. The van der Waals surface area contributed by atoms with Gasteiger partial charge in [-0.05, 0) is 41.7 Å². The lowest BCUT2D eigenvalue weighted by Gasteiger charge is -2.28. The summed E-state index contributed by atoms with van der Waals surface area (Å²) in [5.41, 5.74) is 1.76. The van der Waals surface area contributed by atoms with E-state index in [-0.39, 0.29) is 22.7 Å². The quantitative estimate of drug-likeness (QED) is 0.601. The second kappa shape index (κ2) is 8.27. The Hall–Kier alpha value is -1.40. The van der Waals surface area contributed by atoms with Crippen molar-refractivity contribution in [3.63, 3.8) is 0 Å². The van der Waals surface area contributed by atoms with E-state index in [1.54, 1.807) is 7.11 Å². The van der Waals surface area contributed by atoms with Crippen LogP contribution in [0.15, 0.2) is 16.2 Å². The molecule has 1 aliphatic heterocycles. The minimum Gasteiger partial charge on any atom is -0.507 e. The van der Waals surface area contributed by atoms with Gasteiger partial charge in [-0.1, -0.05) is 41.5 Å². The number of phenolic OH excluding ortho intramolecular Hbond substituents is 1. The fourth-order valence-corrected chi connectivity index (χ4v) is 5.35. The van der Waals surface area contributed by atoms with Gasteiger partial charge in [0.15, 0.2) is 5.78 Å². The van der Waals surface area contributed by atoms with Crippen molar-refractivity contribution < 1.29 is 14.6 Å². The Kier molecular flexibility index (Phi) is 6.41. The van der Waals surface area contributed by atoms with Crippen molar-refractivity contribution in [3.05, 3.63) is 28.8 Å². The van der Waals surface area contributed by atoms with Crippen LogP contribution in [0, 0.1) is 11.8 Å². The van der Waals surface area contributed by atoms with Gasteiger partial charge in [0.25, 0.3) is 0 Å². The van der Waals surface area contributed by atoms with Crippen molar-refractivity contribution in [2.75, 3.05) is 20.2 Å². The third-order valence-corrected chi connectivity index (χ3v) is 6.93. The Balaban J connectivity index is 1.89. The number of aromatic hydroxyl groups is 1. The minimum absolute atomic E-state index is 0.0583. The van der Waals surface area contributed by atoms with Gasteiger partial charge >= 0.3 is 0 Å². The van der Waals surface area contributed by atoms with Gasteiger partial charge in [0, 0.05) is 36.3 Å². The number of carbonyl (C=O) groups excluding carboxylic acids is 1. The summed E-state index contributed by atoms with van der Waals surface area (Å²) in [5, 5.41) is 10.9. The Morgan fingerprint density at radius 3 is 2.20 bits per heavy atom. The number of amidine groups is 1. The summed E-state index contributed by atoms with van der Waals surface area (Å²) in [6, 6.07) is 3.74. The molecule has 1 N–H and O–H groups in total. The third-order valence-electron chi connectivity index (χ3n) is 6.56. The molecule has 1 aromatic carbocycles. The number of Topliss-reactive ketones (excluding diaryl/α,β-unsaturated/α-hetero) is 1. The molecule has 3 rings (SSSR count). The van der Waals surface area contributed by atoms with Crippen molar-refractivity contribution in [3.8, 4) is 5.75 Å². The summed E-state index contributed by atoms with van der Waals surface area (Å²) in [7, 11) is 1.77. The number of carbonyl (C=O) groups is 1. The predicted octanol–water partition coefficient (Wildman–Crippen LogP) is 5.24. The number of phenols is 1. The Bertz CT molecular complexity index is 816. The molecule has 0 radical (unpaired) electrons. The van der Waals surface area contributed by atoms with Crippen molar-refractivity contribution in [2.24, 2.45) is 15.9 Å². The van der Waals surface area contributed by atoms with Crippen molar-refractivity contribution in [1.29, 1.82) is 0 Å². The van der Waals surface area contributed by atoms with E-state index in [0.717, 1.165) is 36.3 Å². The molecule has 0 unspecified atom stereocenters. The van der Waals surface area contributed by atoms with Crippen LogP contribution in [-0.2, 0) is 15.6 Å². The lowest BCUT2D eigenvalue weighted by atomic mass is 9.78. The molecule has 30 heavy (non-hydrogen) atoms. The molecule has 3 atom stereocenters. The molecule has 166 valence electrons. The van der Waals surface area contributed by atoms with Crippen LogP contribution < -0.4 is 0 Å². The molecule has 0 amide bonds. The van der Waals surface area contributed by atoms with Crippen LogP contribution in [0.5, 0.6) is 5.75 Å². The van der Waals surface area contributed by atoms with Crippen molar-refractivity contribution >= 4 is 27.8 Å². The number of halogens is 1. The van der Waals surface area contributed by atoms with Gasteiger partial charge in [-0.25, -0.2) is 0 Å². The van der Waals surface area contributed by atoms with E-state index in [2.05, 4.69) is 66.6 Å². The molecule has 5 nitrogen and oxygen atoms in total. The van der Waals surface area contributed by atoms with E-state index in [4.69, 9.17) is 4.74 Å². The van der Waals surface area contributed by atoms with Gasteiger partial charge in [0.1, 0.15) is 11.6 Å². The first-order valence-corrected chi connectivity index (χ1v) is 11.5. The van der Waals surface area contributed by atoms with Gasteiger partial charge in [-0.15, -0.1) is 0 Å². The lowest BCUT2D eigenvalue weighted by Crippen LogP contribution is -2.34. The molecule has 0 spiro atoms. The van der Waals surface area contributed by atoms with Gasteiger partial charge < -0.3 is 14.7 Å². The smallest absolute Gasteiger partial charge is 0.182 e. The van der Waals surface area contributed by atoms with E-state index in [1.807, 2.05) is 12.1 Å². The molecule has 0 bridgehead atoms. The van der Waals surface area contributed by atoms with Crippen LogP contribution in [0.25, 0.3) is 0 Å². The first-order chi connectivity index (χ1) is 13.9. The fourth-order valence-electron chi connectivity index (χ4n) is 4.86. The summed E-state index contributed by atoms with van der Waals surface area (Å²) in [6.07, 6.45) is 2.25. The highest BCUT2D eigenvalue weighted by atomic mass is 79.9. The van der Waals surface area contributed by atoms with Crippen LogP contribution in [0.1, 0.15) is 75.9 Å². The summed E-state index contributed by atoms with van der Waals surface area (Å²) in [5.74, 6) is 2.14. The molecule has 1 saturated carbocycles. The maximum atomic E-state index is 13.4. The normalized spacial score (nSPS) is 25.8. The average molecular weight is 479 g/mol. The molecular weight excluding hydrogens is 444 g/mol. The SMILES string of the molecule is CO[C@@H]1C[C@H]2CN(CC(=O)c3cc(C(C)(C)C)c(O)c(C(C)(C)C)c3)/C(=N\Br)[C@H]2C1. The first kappa shape index (κ1) is 23.3. The molecule has 1 heterocycles. The molecule has 6 heteroatoms. The third kappa shape index (κ3) is 4.45. The average Bonchev–Trinajstić information content (AvgIpc) is 3.16. The number of hydrogen-bond donors (Lipinski definition) is 1. The van der Waals surface area contributed by atoms with E-state index in [0.29, 0.717) is 29.7 Å². The van der Waals surface area contributed by atoms with Crippen molar-refractivity contribution in [1.82, 2.24) is 4.90 Å². The number of fused-ring (bicyclic) bond motifs is 1. The number of benzene rings is 1. The number of hydrogen-bond acceptors (Lipinski definition) is 4. The maximum Gasteiger partial charge on any atom is 0.182 e. The van der Waals surface area contributed by atoms with Crippen LogP contribution in [-0.4, -0.2) is 47.9 Å². The number of rotatable bonds is 4. The number of likely N-dealkylation sites (tertiary alicyclic amines) is 1. The number of ketones is 1. The van der Waals surface area contributed by atoms with E-state index < -0.39 is 0 Å². The first-order valence-electron chi connectivity index (χ1n) is 10.7. The molecule has 1 saturated heterocycles. The highest BCUT2D eigenvalue weighted by Crippen LogP contribution is 2.42. The Labute approximate surface area is 189 Å². The summed E-state index contributed by atoms with van der Waals surface area (Å²) < 4.78 is 9.91. The van der Waals surface area contributed by atoms with Crippen molar-refractivity contribution in [2.45, 2.75) is 71.3 Å². The van der Waals surface area contributed by atoms with E-state index >= 15 is 0 Å². The van der Waals surface area contributed by atoms with Crippen LogP contribution in [0.3, 0.4) is 0 Å². The lowest BCUT2D eigenvalue weighted by molar-refractivity contribution is 0.0944. The second-order valence-corrected chi connectivity index (χ2v) is 11.2. The van der Waals surface area contributed by atoms with Crippen LogP contribution in [0.4, 0.5) is 0 Å². The van der Waals surface area contributed by atoms with Gasteiger partial charge in [-0.3, -0.25) is 4.79 Å². The largest absolute Gasteiger partial charge is 0.507 e. The minimum atomic E-state index is -0.261. The fraction of sp³-hybridized carbons (Fsp3) is 0.667. The van der Waals surface area contributed by atoms with Gasteiger partial charge in [0.05, 0.1) is 28.8 Å². The highest BCUT2D eigenvalue weighted by molar-refractivity contribution is 9.08. The molecular formula is C24H35BrN2O3. The van der Waals surface area contributed by atoms with E-state index in [1.165, 1.54) is 0 Å². The van der Waals surface area contributed by atoms with Crippen LogP contribution >= 0.6 is 16.1 Å². The standard InChI is InChI=1S/C24H35BrN2O3/c1-23(2,3)18-9-14(10-19(21(18)29)24(4,5)6)20(28)13-27-12-15-8-16(30-7)11-17(15)22(27)26-25/h9-10,15-17,29H,8,11-13H2,1-7H3/b26-22-/t15-,16+,17-/m0/s1. The van der Waals surface area contributed by atoms with Crippen LogP contribution in [0.2, 0.25) is 0 Å². The summed E-state index contributed by atoms with van der Waals surface area (Å²) in [6.45, 7) is 13.5. The predicted molar refractivity (Wildman–Crippen MR) is 125 cm³/mol. The molecule has 0 aromatic heterocycles. The zero-order valence-electron chi connectivity index (χ0n) is 19.3. The highest BCUT2D eigenvalue weighted by Gasteiger charge is 2.45.